The molecule has 2 N–H and O–H groups in total. The van der Waals surface area contributed by atoms with E-state index in [1.807, 2.05) is 25.1 Å². The van der Waals surface area contributed by atoms with Gasteiger partial charge in [0.15, 0.2) is 17.5 Å². The van der Waals surface area contributed by atoms with E-state index in [-0.39, 0.29) is 23.4 Å². The molecule has 0 aliphatic carbocycles. The van der Waals surface area contributed by atoms with Crippen molar-refractivity contribution in [3.63, 3.8) is 0 Å². The molecule has 3 rings (SSSR count). The van der Waals surface area contributed by atoms with Crippen molar-refractivity contribution in [3.8, 4) is 5.75 Å². The van der Waals surface area contributed by atoms with Crippen molar-refractivity contribution in [2.75, 3.05) is 33.8 Å². The highest BCUT2D eigenvalue weighted by atomic mass is 19.1. The Morgan fingerprint density at radius 3 is 2.55 bits per heavy atom. The zero-order valence-corrected chi connectivity index (χ0v) is 18.5. The molecule has 0 saturated carbocycles. The van der Waals surface area contributed by atoms with Gasteiger partial charge in [-0.25, -0.2) is 8.78 Å². The van der Waals surface area contributed by atoms with Gasteiger partial charge in [-0.2, -0.15) is 0 Å². The van der Waals surface area contributed by atoms with E-state index in [9.17, 15) is 8.78 Å². The first-order valence-electron chi connectivity index (χ1n) is 10.8. The molecule has 168 valence electrons. The van der Waals surface area contributed by atoms with Gasteiger partial charge in [-0.3, -0.25) is 9.89 Å². The fourth-order valence-electron chi connectivity index (χ4n) is 3.89. The van der Waals surface area contributed by atoms with Crippen molar-refractivity contribution in [2.45, 2.75) is 32.4 Å². The van der Waals surface area contributed by atoms with E-state index in [4.69, 9.17) is 4.74 Å². The lowest BCUT2D eigenvalue weighted by atomic mass is 9.96. The summed E-state index contributed by atoms with van der Waals surface area (Å²) in [6.07, 6.45) is 2.11. The monoisotopic (exact) mass is 430 g/mol. The van der Waals surface area contributed by atoms with Crippen LogP contribution in [0.3, 0.4) is 0 Å². The number of piperidine rings is 1. The van der Waals surface area contributed by atoms with Gasteiger partial charge in [-0.05, 0) is 62.5 Å². The number of aliphatic imine (C=N–C) groups is 1. The molecule has 2 aromatic carbocycles. The molecule has 0 radical (unpaired) electrons. The summed E-state index contributed by atoms with van der Waals surface area (Å²) in [5, 5.41) is 6.71. The van der Waals surface area contributed by atoms with Gasteiger partial charge in [-0.15, -0.1) is 0 Å². The fourth-order valence-corrected chi connectivity index (χ4v) is 3.89. The second kappa shape index (κ2) is 11.1. The lowest BCUT2D eigenvalue weighted by Gasteiger charge is -2.32. The van der Waals surface area contributed by atoms with E-state index in [1.165, 1.54) is 19.2 Å². The average Bonchev–Trinajstić information content (AvgIpc) is 2.79. The van der Waals surface area contributed by atoms with Crippen LogP contribution in [0.5, 0.6) is 5.75 Å². The first-order valence-corrected chi connectivity index (χ1v) is 10.8. The molecular weight excluding hydrogens is 398 g/mol. The Labute approximate surface area is 183 Å². The van der Waals surface area contributed by atoms with E-state index in [1.54, 1.807) is 19.2 Å². The molecule has 0 aromatic heterocycles. The average molecular weight is 431 g/mol. The largest absolute Gasteiger partial charge is 0.494 e. The predicted octanol–water partition coefficient (Wildman–Crippen LogP) is 4.11. The number of ether oxygens (including phenoxy) is 1. The highest BCUT2D eigenvalue weighted by Crippen LogP contribution is 2.22. The summed E-state index contributed by atoms with van der Waals surface area (Å²) in [6, 6.07) is 11.8. The van der Waals surface area contributed by atoms with Crippen LogP contribution < -0.4 is 15.4 Å². The second-order valence-corrected chi connectivity index (χ2v) is 8.02. The molecule has 1 heterocycles. The third-order valence-corrected chi connectivity index (χ3v) is 5.87. The molecule has 1 unspecified atom stereocenters. The smallest absolute Gasteiger partial charge is 0.191 e. The number of benzene rings is 2. The number of likely N-dealkylation sites (tertiary alicyclic amines) is 1. The molecule has 1 aliphatic rings. The van der Waals surface area contributed by atoms with Crippen LogP contribution in [-0.4, -0.2) is 44.7 Å². The minimum absolute atomic E-state index is 0.103. The van der Waals surface area contributed by atoms with Gasteiger partial charge < -0.3 is 15.4 Å². The first kappa shape index (κ1) is 23.0. The van der Waals surface area contributed by atoms with E-state index in [0.29, 0.717) is 18.4 Å². The van der Waals surface area contributed by atoms with Crippen molar-refractivity contribution in [3.05, 3.63) is 65.2 Å². The van der Waals surface area contributed by atoms with Crippen LogP contribution in [-0.2, 0) is 6.54 Å². The number of nitrogens with zero attached hydrogens (tertiary/aromatic N) is 2. The van der Waals surface area contributed by atoms with Crippen LogP contribution in [0, 0.1) is 17.6 Å². The van der Waals surface area contributed by atoms with Crippen LogP contribution in [0.2, 0.25) is 0 Å². The molecule has 1 aliphatic heterocycles. The Hall–Kier alpha value is -2.67. The number of halogens is 2. The lowest BCUT2D eigenvalue weighted by molar-refractivity contribution is 0.176. The molecular formula is C24H32F2N4O. The van der Waals surface area contributed by atoms with Crippen molar-refractivity contribution >= 4 is 5.96 Å². The molecule has 0 amide bonds. The highest BCUT2D eigenvalue weighted by Gasteiger charge is 2.20. The van der Waals surface area contributed by atoms with E-state index in [2.05, 4.69) is 20.5 Å². The molecule has 1 saturated heterocycles. The number of methoxy groups -OCH3 is 1. The fraction of sp³-hybridized carbons (Fsp3) is 0.458. The molecule has 5 nitrogen and oxygen atoms in total. The molecule has 7 heteroatoms. The van der Waals surface area contributed by atoms with Crippen LogP contribution in [0.15, 0.2) is 47.5 Å². The van der Waals surface area contributed by atoms with Crippen molar-refractivity contribution in [2.24, 2.45) is 10.9 Å². The third-order valence-electron chi connectivity index (χ3n) is 5.87. The Morgan fingerprint density at radius 2 is 1.90 bits per heavy atom. The van der Waals surface area contributed by atoms with Gasteiger partial charge in [0.05, 0.1) is 13.2 Å². The molecule has 0 bridgehead atoms. The van der Waals surface area contributed by atoms with Crippen molar-refractivity contribution in [1.29, 1.82) is 0 Å². The Kier molecular flexibility index (Phi) is 8.23. The Bertz CT molecular complexity index is 882. The lowest BCUT2D eigenvalue weighted by Crippen LogP contribution is -2.43. The summed E-state index contributed by atoms with van der Waals surface area (Å²) < 4.78 is 32.8. The summed E-state index contributed by atoms with van der Waals surface area (Å²) in [6.45, 7) is 5.35. The summed E-state index contributed by atoms with van der Waals surface area (Å²) in [4.78, 5) is 6.61. The van der Waals surface area contributed by atoms with Crippen LogP contribution in [0.4, 0.5) is 8.78 Å². The number of hydrogen-bond acceptors (Lipinski definition) is 3. The van der Waals surface area contributed by atoms with Crippen LogP contribution in [0.1, 0.15) is 36.9 Å². The number of rotatable bonds is 7. The van der Waals surface area contributed by atoms with Crippen molar-refractivity contribution in [1.82, 2.24) is 15.5 Å². The number of hydrogen-bond donors (Lipinski definition) is 2. The van der Waals surface area contributed by atoms with Gasteiger partial charge in [0.25, 0.3) is 0 Å². The van der Waals surface area contributed by atoms with Gasteiger partial charge in [0.2, 0.25) is 0 Å². The SMILES string of the molecule is CN=C(NCC1CCN(Cc2ccccc2F)CC1)NC(C)c1ccc(OC)c(F)c1. The second-order valence-electron chi connectivity index (χ2n) is 8.02. The minimum atomic E-state index is -0.376. The maximum Gasteiger partial charge on any atom is 0.191 e. The minimum Gasteiger partial charge on any atom is -0.494 e. The van der Waals surface area contributed by atoms with Crippen molar-refractivity contribution < 1.29 is 13.5 Å². The summed E-state index contributed by atoms with van der Waals surface area (Å²) in [5.41, 5.74) is 1.58. The Balaban J connectivity index is 1.44. The van der Waals surface area contributed by atoms with Gasteiger partial charge >= 0.3 is 0 Å². The van der Waals surface area contributed by atoms with E-state index < -0.39 is 0 Å². The molecule has 1 atom stereocenters. The molecule has 0 spiro atoms. The van der Waals surface area contributed by atoms with E-state index >= 15 is 0 Å². The molecule has 1 fully saturated rings. The van der Waals surface area contributed by atoms with Gasteiger partial charge in [0, 0.05) is 25.7 Å². The summed E-state index contributed by atoms with van der Waals surface area (Å²) in [5.74, 6) is 0.951. The molecule has 31 heavy (non-hydrogen) atoms. The topological polar surface area (TPSA) is 48.9 Å². The maximum absolute atomic E-state index is 14.0. The molecule has 2 aromatic rings. The van der Waals surface area contributed by atoms with Crippen LogP contribution >= 0.6 is 0 Å². The van der Waals surface area contributed by atoms with E-state index in [0.717, 1.165) is 43.6 Å². The van der Waals surface area contributed by atoms with Gasteiger partial charge in [-0.1, -0.05) is 24.3 Å². The normalized spacial score (nSPS) is 16.7. The number of nitrogens with one attached hydrogen (secondary N) is 2. The van der Waals surface area contributed by atoms with Gasteiger partial charge in [0.1, 0.15) is 5.82 Å². The Morgan fingerprint density at radius 1 is 1.16 bits per heavy atom. The zero-order chi connectivity index (χ0) is 22.2. The summed E-state index contributed by atoms with van der Waals surface area (Å²) in [7, 11) is 3.18. The maximum atomic E-state index is 14.0. The first-order chi connectivity index (χ1) is 15.0. The number of guanidine groups is 1. The highest BCUT2D eigenvalue weighted by molar-refractivity contribution is 5.80. The summed E-state index contributed by atoms with van der Waals surface area (Å²) >= 11 is 0. The third kappa shape index (κ3) is 6.40. The quantitative estimate of drug-likeness (QED) is 0.513. The zero-order valence-electron chi connectivity index (χ0n) is 18.5. The predicted molar refractivity (Wildman–Crippen MR) is 120 cm³/mol. The standard InChI is InChI=1S/C24H32F2N4O/c1-17(19-8-9-23(31-3)22(26)14-19)29-24(27-2)28-15-18-10-12-30(13-11-18)16-20-6-4-5-7-21(20)25/h4-9,14,17-18H,10-13,15-16H2,1-3H3,(H2,27,28,29). The van der Waals surface area contributed by atoms with Crippen LogP contribution in [0.25, 0.3) is 0 Å².